The standard InChI is InChI=1S/C25H31N5O6S/c1-5-6-15-35-22-11-13-23(14-12-22)37(32,33)29(17-24(31)28-36-25(2,3)34-4)16-20-7-9-21(10-8-20)30-19-26-18-27-30/h5,7-14,18-19H,1,6,15-17H2,2-4H3,(H,28,31). The van der Waals surface area contributed by atoms with Gasteiger partial charge in [-0.15, -0.1) is 6.58 Å². The zero-order valence-electron chi connectivity index (χ0n) is 21.0. The van der Waals surface area contributed by atoms with Crippen molar-refractivity contribution in [3.05, 3.63) is 79.4 Å². The van der Waals surface area contributed by atoms with E-state index in [1.165, 1.54) is 25.6 Å². The molecule has 0 unspecified atom stereocenters. The molecule has 3 aromatic rings. The lowest BCUT2D eigenvalue weighted by molar-refractivity contribution is -0.231. The molecule has 0 saturated carbocycles. The summed E-state index contributed by atoms with van der Waals surface area (Å²) in [5.74, 6) is -1.21. The van der Waals surface area contributed by atoms with Gasteiger partial charge in [0.2, 0.25) is 10.0 Å². The van der Waals surface area contributed by atoms with E-state index < -0.39 is 28.3 Å². The molecule has 3 rings (SSSR count). The first-order valence-corrected chi connectivity index (χ1v) is 12.9. The van der Waals surface area contributed by atoms with Crippen LogP contribution in [0.2, 0.25) is 0 Å². The predicted octanol–water partition coefficient (Wildman–Crippen LogP) is 2.84. The number of amides is 1. The van der Waals surface area contributed by atoms with Crippen LogP contribution in [0.5, 0.6) is 5.75 Å². The number of benzene rings is 2. The number of carbonyl (C=O) groups excluding carboxylic acids is 1. The lowest BCUT2D eigenvalue weighted by Gasteiger charge is -2.25. The highest BCUT2D eigenvalue weighted by Gasteiger charge is 2.28. The van der Waals surface area contributed by atoms with Crippen molar-refractivity contribution in [1.29, 1.82) is 0 Å². The van der Waals surface area contributed by atoms with Crippen molar-refractivity contribution in [1.82, 2.24) is 24.5 Å². The van der Waals surface area contributed by atoms with Gasteiger partial charge in [-0.1, -0.05) is 18.2 Å². The van der Waals surface area contributed by atoms with Gasteiger partial charge in [-0.05, 0) is 62.2 Å². The van der Waals surface area contributed by atoms with Crippen LogP contribution in [-0.2, 0) is 30.9 Å². The first kappa shape index (κ1) is 28.0. The molecule has 0 atom stereocenters. The highest BCUT2D eigenvalue weighted by Crippen LogP contribution is 2.22. The van der Waals surface area contributed by atoms with Crippen LogP contribution in [0.15, 0.2) is 78.7 Å². The number of nitrogens with zero attached hydrogens (tertiary/aromatic N) is 4. The molecule has 1 aromatic heterocycles. The summed E-state index contributed by atoms with van der Waals surface area (Å²) < 4.78 is 40.5. The number of hydrogen-bond donors (Lipinski definition) is 1. The van der Waals surface area contributed by atoms with Crippen LogP contribution < -0.4 is 10.2 Å². The summed E-state index contributed by atoms with van der Waals surface area (Å²) in [5, 5.41) is 4.08. The Morgan fingerprint density at radius 3 is 2.46 bits per heavy atom. The number of rotatable bonds is 14. The van der Waals surface area contributed by atoms with E-state index >= 15 is 0 Å². The van der Waals surface area contributed by atoms with Crippen LogP contribution in [0.25, 0.3) is 5.69 Å². The van der Waals surface area contributed by atoms with Gasteiger partial charge in [0.25, 0.3) is 5.91 Å². The summed E-state index contributed by atoms with van der Waals surface area (Å²) in [6.07, 6.45) is 5.38. The van der Waals surface area contributed by atoms with Crippen molar-refractivity contribution in [3.8, 4) is 11.4 Å². The van der Waals surface area contributed by atoms with Crippen LogP contribution in [-0.4, -0.2) is 59.4 Å². The molecule has 0 aliphatic carbocycles. The molecule has 0 aliphatic heterocycles. The van der Waals surface area contributed by atoms with Gasteiger partial charge in [0.1, 0.15) is 18.4 Å². The van der Waals surface area contributed by atoms with Crippen LogP contribution in [0.4, 0.5) is 0 Å². The van der Waals surface area contributed by atoms with Crippen molar-refractivity contribution in [3.63, 3.8) is 0 Å². The minimum Gasteiger partial charge on any atom is -0.493 e. The van der Waals surface area contributed by atoms with E-state index in [9.17, 15) is 13.2 Å². The predicted molar refractivity (Wildman–Crippen MR) is 136 cm³/mol. The van der Waals surface area contributed by atoms with E-state index in [0.29, 0.717) is 24.3 Å². The average molecular weight is 530 g/mol. The third-order valence-electron chi connectivity index (χ3n) is 5.25. The molecule has 37 heavy (non-hydrogen) atoms. The van der Waals surface area contributed by atoms with Crippen molar-refractivity contribution in [2.75, 3.05) is 20.3 Å². The average Bonchev–Trinajstić information content (AvgIpc) is 3.43. The number of hydroxylamine groups is 1. The molecule has 12 heteroatoms. The number of sulfonamides is 1. The Morgan fingerprint density at radius 2 is 1.86 bits per heavy atom. The second-order valence-electron chi connectivity index (χ2n) is 8.41. The Bertz CT molecular complexity index is 1260. The van der Waals surface area contributed by atoms with Crippen molar-refractivity contribution in [2.45, 2.75) is 37.5 Å². The van der Waals surface area contributed by atoms with E-state index in [1.54, 1.807) is 67.3 Å². The second-order valence-corrected chi connectivity index (χ2v) is 10.3. The van der Waals surface area contributed by atoms with Gasteiger partial charge in [0, 0.05) is 13.7 Å². The Balaban J connectivity index is 1.81. The van der Waals surface area contributed by atoms with Gasteiger partial charge in [-0.2, -0.15) is 9.40 Å². The molecule has 0 bridgehead atoms. The summed E-state index contributed by atoms with van der Waals surface area (Å²) in [6, 6.07) is 13.1. The summed E-state index contributed by atoms with van der Waals surface area (Å²) in [5.41, 5.74) is 3.69. The molecule has 0 spiro atoms. The third-order valence-corrected chi connectivity index (χ3v) is 7.06. The fraction of sp³-hybridized carbons (Fsp3) is 0.320. The van der Waals surface area contributed by atoms with E-state index in [0.717, 1.165) is 9.99 Å². The largest absolute Gasteiger partial charge is 0.493 e. The summed E-state index contributed by atoms with van der Waals surface area (Å²) in [7, 11) is -2.64. The smallest absolute Gasteiger partial charge is 0.258 e. The molecule has 0 saturated heterocycles. The Kier molecular flexibility index (Phi) is 9.53. The number of ether oxygens (including phenoxy) is 2. The molecule has 2 aromatic carbocycles. The summed E-state index contributed by atoms with van der Waals surface area (Å²) in [6.45, 7) is 6.76. The Labute approximate surface area is 216 Å². The van der Waals surface area contributed by atoms with Crippen LogP contribution in [0.1, 0.15) is 25.8 Å². The first-order valence-electron chi connectivity index (χ1n) is 11.4. The number of carbonyl (C=O) groups is 1. The third kappa shape index (κ3) is 7.95. The van der Waals surface area contributed by atoms with Gasteiger partial charge in [-0.3, -0.25) is 4.79 Å². The minimum absolute atomic E-state index is 0.0220. The summed E-state index contributed by atoms with van der Waals surface area (Å²) in [4.78, 5) is 21.8. The van der Waals surface area contributed by atoms with E-state index in [2.05, 4.69) is 22.1 Å². The molecular weight excluding hydrogens is 498 g/mol. The zero-order valence-corrected chi connectivity index (χ0v) is 21.8. The van der Waals surface area contributed by atoms with Gasteiger partial charge in [0.05, 0.1) is 23.7 Å². The maximum atomic E-state index is 13.6. The first-order chi connectivity index (χ1) is 17.6. The molecule has 1 amide bonds. The molecule has 11 nitrogen and oxygen atoms in total. The Hall–Kier alpha value is -3.58. The fourth-order valence-electron chi connectivity index (χ4n) is 3.06. The van der Waals surface area contributed by atoms with E-state index in [-0.39, 0.29) is 11.4 Å². The zero-order chi connectivity index (χ0) is 26.9. The topological polar surface area (TPSA) is 125 Å². The van der Waals surface area contributed by atoms with Crippen molar-refractivity contribution in [2.24, 2.45) is 0 Å². The highest BCUT2D eigenvalue weighted by molar-refractivity contribution is 7.89. The molecule has 1 heterocycles. The lowest BCUT2D eigenvalue weighted by atomic mass is 10.2. The van der Waals surface area contributed by atoms with Crippen LogP contribution >= 0.6 is 0 Å². The Morgan fingerprint density at radius 1 is 1.16 bits per heavy atom. The number of nitrogens with one attached hydrogen (secondary N) is 1. The molecule has 1 N–H and O–H groups in total. The molecule has 0 aliphatic rings. The van der Waals surface area contributed by atoms with E-state index in [1.807, 2.05) is 0 Å². The second kappa shape index (κ2) is 12.6. The van der Waals surface area contributed by atoms with E-state index in [4.69, 9.17) is 14.3 Å². The number of methoxy groups -OCH3 is 1. The molecule has 0 fully saturated rings. The summed E-state index contributed by atoms with van der Waals surface area (Å²) >= 11 is 0. The number of aromatic nitrogens is 3. The minimum atomic E-state index is -4.06. The van der Waals surface area contributed by atoms with Gasteiger partial charge < -0.3 is 9.47 Å². The maximum absolute atomic E-state index is 13.6. The maximum Gasteiger partial charge on any atom is 0.258 e. The highest BCUT2D eigenvalue weighted by atomic mass is 32.2. The van der Waals surface area contributed by atoms with Gasteiger partial charge in [0.15, 0.2) is 5.79 Å². The monoisotopic (exact) mass is 529 g/mol. The van der Waals surface area contributed by atoms with Crippen molar-refractivity contribution < 1.29 is 27.5 Å². The SMILES string of the molecule is C=CCCOc1ccc(S(=O)(=O)N(CC(=O)NOC(C)(C)OC)Cc2ccc(-n3cncn3)cc2)cc1. The van der Waals surface area contributed by atoms with Crippen LogP contribution in [0.3, 0.4) is 0 Å². The van der Waals surface area contributed by atoms with Crippen molar-refractivity contribution >= 4 is 15.9 Å². The van der Waals surface area contributed by atoms with Crippen LogP contribution in [0, 0.1) is 0 Å². The van der Waals surface area contributed by atoms with Gasteiger partial charge in [-0.25, -0.2) is 28.4 Å². The lowest BCUT2D eigenvalue weighted by Crippen LogP contribution is -2.43. The molecule has 198 valence electrons. The molecule has 0 radical (unpaired) electrons. The quantitative estimate of drug-likeness (QED) is 0.146. The molecular formula is C25H31N5O6S. The normalized spacial score (nSPS) is 11.9. The fourth-order valence-corrected chi connectivity index (χ4v) is 4.44. The van der Waals surface area contributed by atoms with Gasteiger partial charge >= 0.3 is 0 Å². The number of hydrogen-bond acceptors (Lipinski definition) is 8.